The standard InChI is InChI=1S/C27H23IN4O2S/c1-3-16-30-25-24(31(17-29-25)20-14-10-19(28)11-15-20)26(33)32(27(30)34)21-12-8-18(9-13-21)22-6-4-5-7-23(22)35-2/h4-15,17H,3,16H2,1-2H3. The molecule has 0 saturated carbocycles. The molecule has 0 aliphatic rings. The van der Waals surface area contributed by atoms with Crippen LogP contribution < -0.4 is 11.2 Å². The van der Waals surface area contributed by atoms with E-state index in [2.05, 4.69) is 46.0 Å². The summed E-state index contributed by atoms with van der Waals surface area (Å²) in [6.07, 6.45) is 4.41. The maximum absolute atomic E-state index is 13.8. The maximum Gasteiger partial charge on any atom is 0.337 e. The summed E-state index contributed by atoms with van der Waals surface area (Å²) >= 11 is 3.93. The zero-order valence-corrected chi connectivity index (χ0v) is 22.3. The van der Waals surface area contributed by atoms with Gasteiger partial charge in [0.25, 0.3) is 5.56 Å². The van der Waals surface area contributed by atoms with Gasteiger partial charge in [-0.25, -0.2) is 14.3 Å². The minimum absolute atomic E-state index is 0.380. The minimum Gasteiger partial charge on any atom is -0.293 e. The molecular formula is C27H23IN4O2S. The lowest BCUT2D eigenvalue weighted by molar-refractivity contribution is 0.631. The molecule has 0 amide bonds. The van der Waals surface area contributed by atoms with Crippen LogP contribution in [-0.2, 0) is 6.54 Å². The Hall–Kier alpha value is -3.11. The van der Waals surface area contributed by atoms with Crippen LogP contribution in [0.1, 0.15) is 13.3 Å². The Morgan fingerprint density at radius 1 is 0.914 bits per heavy atom. The van der Waals surface area contributed by atoms with Crippen molar-refractivity contribution in [3.05, 3.63) is 104 Å². The molecule has 0 bridgehead atoms. The van der Waals surface area contributed by atoms with Gasteiger partial charge < -0.3 is 0 Å². The Morgan fingerprint density at radius 2 is 1.60 bits per heavy atom. The average molecular weight is 594 g/mol. The van der Waals surface area contributed by atoms with Crippen molar-refractivity contribution in [3.63, 3.8) is 0 Å². The van der Waals surface area contributed by atoms with Gasteiger partial charge >= 0.3 is 5.69 Å². The summed E-state index contributed by atoms with van der Waals surface area (Å²) < 4.78 is 5.71. The van der Waals surface area contributed by atoms with Crippen LogP contribution >= 0.6 is 34.4 Å². The highest BCUT2D eigenvalue weighted by atomic mass is 127. The summed E-state index contributed by atoms with van der Waals surface area (Å²) in [6.45, 7) is 2.47. The van der Waals surface area contributed by atoms with Crippen molar-refractivity contribution in [1.29, 1.82) is 0 Å². The molecular weight excluding hydrogens is 571 g/mol. The third kappa shape index (κ3) is 4.25. The van der Waals surface area contributed by atoms with E-state index in [9.17, 15) is 9.59 Å². The number of aromatic nitrogens is 4. The molecule has 0 radical (unpaired) electrons. The lowest BCUT2D eigenvalue weighted by Crippen LogP contribution is -2.39. The Labute approximate surface area is 220 Å². The summed E-state index contributed by atoms with van der Waals surface area (Å²) in [5, 5.41) is 0. The number of hydrogen-bond acceptors (Lipinski definition) is 4. The van der Waals surface area contributed by atoms with Crippen molar-refractivity contribution < 1.29 is 0 Å². The lowest BCUT2D eigenvalue weighted by Gasteiger charge is -2.13. The van der Waals surface area contributed by atoms with Crippen LogP contribution in [0.15, 0.2) is 93.6 Å². The third-order valence-electron chi connectivity index (χ3n) is 5.93. The smallest absolute Gasteiger partial charge is 0.293 e. The third-order valence-corrected chi connectivity index (χ3v) is 7.44. The first-order valence-electron chi connectivity index (χ1n) is 11.3. The molecule has 5 aromatic rings. The normalized spacial score (nSPS) is 11.3. The van der Waals surface area contributed by atoms with Crippen molar-refractivity contribution in [2.45, 2.75) is 24.8 Å². The molecule has 8 heteroatoms. The van der Waals surface area contributed by atoms with Gasteiger partial charge in [-0.15, -0.1) is 11.8 Å². The van der Waals surface area contributed by atoms with Crippen LogP contribution in [-0.4, -0.2) is 24.9 Å². The highest BCUT2D eigenvalue weighted by Gasteiger charge is 2.19. The Balaban J connectivity index is 1.72. The number of halogens is 1. The molecule has 5 rings (SSSR count). The van der Waals surface area contributed by atoms with Gasteiger partial charge in [0.15, 0.2) is 11.2 Å². The van der Waals surface area contributed by atoms with Gasteiger partial charge in [-0.1, -0.05) is 37.3 Å². The molecule has 0 aliphatic heterocycles. The van der Waals surface area contributed by atoms with E-state index in [1.54, 1.807) is 27.2 Å². The number of nitrogens with zero attached hydrogens (tertiary/aromatic N) is 4. The molecule has 35 heavy (non-hydrogen) atoms. The Kier molecular flexibility index (Phi) is 6.66. The Morgan fingerprint density at radius 3 is 2.29 bits per heavy atom. The average Bonchev–Trinajstić information content (AvgIpc) is 3.33. The molecule has 6 nitrogen and oxygen atoms in total. The van der Waals surface area contributed by atoms with Gasteiger partial charge in [-0.2, -0.15) is 0 Å². The molecule has 2 aromatic heterocycles. The predicted molar refractivity (Wildman–Crippen MR) is 151 cm³/mol. The summed E-state index contributed by atoms with van der Waals surface area (Å²) in [5.74, 6) is 0. The topological polar surface area (TPSA) is 61.8 Å². The number of rotatable bonds is 6. The highest BCUT2D eigenvalue weighted by Crippen LogP contribution is 2.30. The van der Waals surface area contributed by atoms with Crippen molar-refractivity contribution in [2.75, 3.05) is 6.26 Å². The minimum atomic E-state index is -0.384. The second kappa shape index (κ2) is 9.87. The van der Waals surface area contributed by atoms with Crippen LogP contribution in [0.25, 0.3) is 33.7 Å². The first-order valence-corrected chi connectivity index (χ1v) is 13.6. The molecule has 176 valence electrons. The Bertz CT molecular complexity index is 1630. The fraction of sp³-hybridized carbons (Fsp3) is 0.148. The second-order valence-electron chi connectivity index (χ2n) is 8.09. The number of fused-ring (bicyclic) bond motifs is 1. The van der Waals surface area contributed by atoms with E-state index in [1.807, 2.05) is 67.6 Å². The number of thioether (sulfide) groups is 1. The second-order valence-corrected chi connectivity index (χ2v) is 10.2. The molecule has 0 spiro atoms. The molecule has 0 aliphatic carbocycles. The van der Waals surface area contributed by atoms with Crippen LogP contribution in [0.4, 0.5) is 0 Å². The first kappa shape index (κ1) is 23.6. The van der Waals surface area contributed by atoms with E-state index in [-0.39, 0.29) is 11.2 Å². The molecule has 0 N–H and O–H groups in total. The van der Waals surface area contributed by atoms with Gasteiger partial charge in [-0.3, -0.25) is 13.9 Å². The predicted octanol–water partition coefficient (Wildman–Crippen LogP) is 5.74. The number of hydrogen-bond donors (Lipinski definition) is 0. The summed E-state index contributed by atoms with van der Waals surface area (Å²) in [5.41, 5.74) is 3.54. The summed E-state index contributed by atoms with van der Waals surface area (Å²) in [7, 11) is 0. The van der Waals surface area contributed by atoms with E-state index >= 15 is 0 Å². The largest absolute Gasteiger partial charge is 0.337 e. The van der Waals surface area contributed by atoms with Gasteiger partial charge in [0.05, 0.1) is 5.69 Å². The van der Waals surface area contributed by atoms with Crippen molar-refractivity contribution in [2.24, 2.45) is 0 Å². The van der Waals surface area contributed by atoms with Crippen molar-refractivity contribution in [1.82, 2.24) is 18.7 Å². The van der Waals surface area contributed by atoms with Crippen molar-refractivity contribution in [3.8, 4) is 22.5 Å². The SMILES string of the molecule is CCCn1c(=O)n(-c2ccc(-c3ccccc3SC)cc2)c(=O)c2c1ncn2-c1ccc(I)cc1. The van der Waals surface area contributed by atoms with Gasteiger partial charge in [0.2, 0.25) is 0 Å². The molecule has 2 heterocycles. The van der Waals surface area contributed by atoms with E-state index in [1.165, 1.54) is 9.46 Å². The molecule has 3 aromatic carbocycles. The lowest BCUT2D eigenvalue weighted by atomic mass is 10.1. The van der Waals surface area contributed by atoms with E-state index in [4.69, 9.17) is 0 Å². The van der Waals surface area contributed by atoms with Crippen LogP contribution in [0.3, 0.4) is 0 Å². The summed E-state index contributed by atoms with van der Waals surface area (Å²) in [4.78, 5) is 32.9. The molecule has 0 fully saturated rings. The van der Waals surface area contributed by atoms with Gasteiger partial charge in [-0.05, 0) is 88.9 Å². The highest BCUT2D eigenvalue weighted by molar-refractivity contribution is 14.1. The fourth-order valence-corrected chi connectivity index (χ4v) is 5.24. The fourth-order valence-electron chi connectivity index (χ4n) is 4.26. The zero-order chi connectivity index (χ0) is 24.5. The van der Waals surface area contributed by atoms with Gasteiger partial charge in [0, 0.05) is 20.7 Å². The van der Waals surface area contributed by atoms with E-state index < -0.39 is 0 Å². The van der Waals surface area contributed by atoms with Crippen LogP contribution in [0.5, 0.6) is 0 Å². The quantitative estimate of drug-likeness (QED) is 0.186. The van der Waals surface area contributed by atoms with Gasteiger partial charge in [0.1, 0.15) is 6.33 Å². The number of aryl methyl sites for hydroxylation is 1. The van der Waals surface area contributed by atoms with Crippen LogP contribution in [0.2, 0.25) is 0 Å². The van der Waals surface area contributed by atoms with E-state index in [0.29, 0.717) is 23.4 Å². The number of imidazole rings is 1. The maximum atomic E-state index is 13.8. The zero-order valence-electron chi connectivity index (χ0n) is 19.3. The monoisotopic (exact) mass is 594 g/mol. The van der Waals surface area contributed by atoms with E-state index in [0.717, 1.165) is 26.8 Å². The molecule has 0 saturated heterocycles. The summed E-state index contributed by atoms with van der Waals surface area (Å²) in [6, 6.07) is 23.6. The van der Waals surface area contributed by atoms with Crippen molar-refractivity contribution >= 4 is 45.5 Å². The first-order chi connectivity index (χ1) is 17.0. The number of benzene rings is 3. The molecule has 0 unspecified atom stereocenters. The van der Waals surface area contributed by atoms with Crippen LogP contribution in [0, 0.1) is 3.57 Å². The molecule has 0 atom stereocenters.